The average Bonchev–Trinajstić information content (AvgIpc) is 2.48. The smallest absolute Gasteiger partial charge is 0.289 e. The maximum atomic E-state index is 11.2. The second kappa shape index (κ2) is 6.31. The minimum absolute atomic E-state index is 0.0950. The van der Waals surface area contributed by atoms with E-state index in [9.17, 15) is 14.9 Å². The van der Waals surface area contributed by atoms with Crippen LogP contribution < -0.4 is 21.1 Å². The van der Waals surface area contributed by atoms with E-state index in [0.717, 1.165) is 31.9 Å². The molecule has 108 valence electrons. The standard InChI is InChI=1S/C12H17N5O3/c13-14-12(18)9-15-5-7-16(8-6-15)10-1-3-11(4-2-10)17(19)20/h1-4H,5-9,13H2,(H,14,18)/p+1. The fourth-order valence-electron chi connectivity index (χ4n) is 2.32. The van der Waals surface area contributed by atoms with Crippen LogP contribution in [0.15, 0.2) is 24.3 Å². The molecule has 0 bridgehead atoms. The Morgan fingerprint density at radius 2 is 1.95 bits per heavy atom. The minimum atomic E-state index is -0.405. The first-order valence-electron chi connectivity index (χ1n) is 6.42. The van der Waals surface area contributed by atoms with Gasteiger partial charge in [0.25, 0.3) is 11.6 Å². The summed E-state index contributed by atoms with van der Waals surface area (Å²) in [4.78, 5) is 24.7. The first-order valence-corrected chi connectivity index (χ1v) is 6.42. The Bertz CT molecular complexity index is 482. The average molecular weight is 280 g/mol. The molecular weight excluding hydrogens is 262 g/mol. The number of hydrogen-bond acceptors (Lipinski definition) is 5. The summed E-state index contributed by atoms with van der Waals surface area (Å²) in [7, 11) is 0. The number of hydrogen-bond donors (Lipinski definition) is 3. The third-order valence-corrected chi connectivity index (χ3v) is 3.47. The maximum Gasteiger partial charge on any atom is 0.289 e. The number of nitrogens with zero attached hydrogens (tertiary/aromatic N) is 2. The molecule has 1 heterocycles. The van der Waals surface area contributed by atoms with Gasteiger partial charge in [0.1, 0.15) is 0 Å². The van der Waals surface area contributed by atoms with E-state index in [4.69, 9.17) is 5.84 Å². The summed E-state index contributed by atoms with van der Waals surface area (Å²) in [6.45, 7) is 3.68. The molecular formula is C12H18N5O3+. The van der Waals surface area contributed by atoms with E-state index in [-0.39, 0.29) is 11.6 Å². The van der Waals surface area contributed by atoms with Crippen molar-refractivity contribution < 1.29 is 14.6 Å². The van der Waals surface area contributed by atoms with Crippen molar-refractivity contribution in [1.29, 1.82) is 0 Å². The Hall–Kier alpha value is -2.19. The second-order valence-electron chi connectivity index (χ2n) is 4.75. The number of benzene rings is 1. The Kier molecular flexibility index (Phi) is 4.49. The van der Waals surface area contributed by atoms with Crippen LogP contribution in [0.5, 0.6) is 0 Å². The van der Waals surface area contributed by atoms with Crippen LogP contribution in [-0.2, 0) is 4.79 Å². The van der Waals surface area contributed by atoms with Gasteiger partial charge in [0.05, 0.1) is 31.1 Å². The van der Waals surface area contributed by atoms with E-state index < -0.39 is 4.92 Å². The molecule has 0 aliphatic carbocycles. The van der Waals surface area contributed by atoms with Crippen LogP contribution in [0, 0.1) is 10.1 Å². The zero-order chi connectivity index (χ0) is 14.5. The molecule has 0 unspecified atom stereocenters. The lowest BCUT2D eigenvalue weighted by Crippen LogP contribution is -3.16. The van der Waals surface area contributed by atoms with Gasteiger partial charge in [-0.1, -0.05) is 0 Å². The number of nitro benzene ring substituents is 1. The number of carbonyl (C=O) groups is 1. The third-order valence-electron chi connectivity index (χ3n) is 3.47. The number of amides is 1. The Labute approximate surface area is 116 Å². The van der Waals surface area contributed by atoms with E-state index in [1.165, 1.54) is 17.0 Å². The minimum Gasteiger partial charge on any atom is -0.360 e. The van der Waals surface area contributed by atoms with E-state index in [1.54, 1.807) is 12.1 Å². The van der Waals surface area contributed by atoms with Crippen molar-refractivity contribution >= 4 is 17.3 Å². The van der Waals surface area contributed by atoms with Gasteiger partial charge in [-0.15, -0.1) is 0 Å². The quantitative estimate of drug-likeness (QED) is 0.263. The molecule has 1 aromatic carbocycles. The van der Waals surface area contributed by atoms with Gasteiger partial charge in [0.15, 0.2) is 6.54 Å². The van der Waals surface area contributed by atoms with E-state index in [2.05, 4.69) is 10.3 Å². The summed E-state index contributed by atoms with van der Waals surface area (Å²) in [5.41, 5.74) is 3.20. The first kappa shape index (κ1) is 14.2. The number of nitro groups is 1. The van der Waals surface area contributed by atoms with Crippen LogP contribution in [0.3, 0.4) is 0 Å². The van der Waals surface area contributed by atoms with Crippen LogP contribution in [0.25, 0.3) is 0 Å². The van der Waals surface area contributed by atoms with E-state index in [0.29, 0.717) is 6.54 Å². The van der Waals surface area contributed by atoms with E-state index >= 15 is 0 Å². The number of quaternary nitrogens is 1. The molecule has 8 heteroatoms. The van der Waals surface area contributed by atoms with Gasteiger partial charge in [-0.3, -0.25) is 20.3 Å². The number of anilines is 1. The number of nitrogens with one attached hydrogen (secondary N) is 2. The molecule has 0 aromatic heterocycles. The molecule has 0 saturated carbocycles. The van der Waals surface area contributed by atoms with Crippen LogP contribution in [0.2, 0.25) is 0 Å². The molecule has 8 nitrogen and oxygen atoms in total. The second-order valence-corrected chi connectivity index (χ2v) is 4.75. The largest absolute Gasteiger partial charge is 0.360 e. The van der Waals surface area contributed by atoms with Gasteiger partial charge >= 0.3 is 0 Å². The highest BCUT2D eigenvalue weighted by molar-refractivity contribution is 5.76. The number of nitrogens with two attached hydrogens (primary N) is 1. The molecule has 1 aliphatic rings. The molecule has 1 saturated heterocycles. The number of hydrazine groups is 1. The van der Waals surface area contributed by atoms with Gasteiger partial charge in [0.2, 0.25) is 0 Å². The summed E-state index contributed by atoms with van der Waals surface area (Å²) in [6.07, 6.45) is 0. The summed E-state index contributed by atoms with van der Waals surface area (Å²) in [5, 5.41) is 10.6. The lowest BCUT2D eigenvalue weighted by molar-refractivity contribution is -0.892. The Morgan fingerprint density at radius 1 is 1.35 bits per heavy atom. The molecule has 2 rings (SSSR count). The Morgan fingerprint density at radius 3 is 2.45 bits per heavy atom. The maximum absolute atomic E-state index is 11.2. The molecule has 4 N–H and O–H groups in total. The van der Waals surface area contributed by atoms with Crippen molar-refractivity contribution in [1.82, 2.24) is 5.43 Å². The molecule has 0 spiro atoms. The summed E-state index contributed by atoms with van der Waals surface area (Å²) in [5.74, 6) is 4.90. The highest BCUT2D eigenvalue weighted by atomic mass is 16.6. The summed E-state index contributed by atoms with van der Waals surface area (Å²) < 4.78 is 0. The predicted molar refractivity (Wildman–Crippen MR) is 73.2 cm³/mol. The molecule has 1 amide bonds. The van der Waals surface area contributed by atoms with Crippen molar-refractivity contribution in [3.8, 4) is 0 Å². The van der Waals surface area contributed by atoms with Crippen molar-refractivity contribution in [3.63, 3.8) is 0 Å². The fourth-order valence-corrected chi connectivity index (χ4v) is 2.32. The highest BCUT2D eigenvalue weighted by Gasteiger charge is 2.22. The molecule has 0 radical (unpaired) electrons. The van der Waals surface area contributed by atoms with Crippen LogP contribution in [-0.4, -0.2) is 43.6 Å². The lowest BCUT2D eigenvalue weighted by atomic mass is 10.2. The van der Waals surface area contributed by atoms with Crippen LogP contribution in [0.1, 0.15) is 0 Å². The van der Waals surface area contributed by atoms with Gasteiger partial charge in [-0.05, 0) is 12.1 Å². The summed E-state index contributed by atoms with van der Waals surface area (Å²) >= 11 is 0. The number of rotatable bonds is 4. The monoisotopic (exact) mass is 280 g/mol. The highest BCUT2D eigenvalue weighted by Crippen LogP contribution is 2.19. The molecule has 1 aromatic rings. The molecule has 1 fully saturated rings. The van der Waals surface area contributed by atoms with Crippen LogP contribution >= 0.6 is 0 Å². The number of carbonyl (C=O) groups excluding carboxylic acids is 1. The molecule has 1 aliphatic heterocycles. The van der Waals surface area contributed by atoms with Gasteiger partial charge in [-0.25, -0.2) is 5.84 Å². The van der Waals surface area contributed by atoms with Crippen LogP contribution in [0.4, 0.5) is 11.4 Å². The predicted octanol–water partition coefficient (Wildman–Crippen LogP) is -1.71. The topological polar surface area (TPSA) is 106 Å². The van der Waals surface area contributed by atoms with Crippen molar-refractivity contribution in [2.24, 2.45) is 5.84 Å². The van der Waals surface area contributed by atoms with Gasteiger partial charge < -0.3 is 9.80 Å². The molecule has 0 atom stereocenters. The van der Waals surface area contributed by atoms with Crippen molar-refractivity contribution in [2.45, 2.75) is 0 Å². The first-order chi connectivity index (χ1) is 9.60. The zero-order valence-corrected chi connectivity index (χ0v) is 11.0. The fraction of sp³-hybridized carbons (Fsp3) is 0.417. The lowest BCUT2D eigenvalue weighted by Gasteiger charge is -2.33. The van der Waals surface area contributed by atoms with Crippen molar-refractivity contribution in [3.05, 3.63) is 34.4 Å². The normalized spacial score (nSPS) is 15.9. The van der Waals surface area contributed by atoms with E-state index in [1.807, 2.05) is 0 Å². The number of non-ortho nitro benzene ring substituents is 1. The zero-order valence-electron chi connectivity index (χ0n) is 11.0. The number of piperazine rings is 1. The summed E-state index contributed by atoms with van der Waals surface area (Å²) in [6, 6.07) is 6.54. The van der Waals surface area contributed by atoms with Crippen molar-refractivity contribution in [2.75, 3.05) is 37.6 Å². The Balaban J connectivity index is 1.90. The SMILES string of the molecule is NNC(=O)C[NH+]1CCN(c2ccc([N+](=O)[O-])cc2)CC1. The molecule has 20 heavy (non-hydrogen) atoms. The van der Waals surface area contributed by atoms with Gasteiger partial charge in [0, 0.05) is 17.8 Å². The van der Waals surface area contributed by atoms with Gasteiger partial charge in [-0.2, -0.15) is 0 Å². The third kappa shape index (κ3) is 3.43.